The van der Waals surface area contributed by atoms with Crippen molar-refractivity contribution in [1.82, 2.24) is 10.3 Å². The summed E-state index contributed by atoms with van der Waals surface area (Å²) in [5, 5.41) is 4.89. The summed E-state index contributed by atoms with van der Waals surface area (Å²) in [6.45, 7) is 5.92. The van der Waals surface area contributed by atoms with Gasteiger partial charge in [0.2, 0.25) is 0 Å². The Morgan fingerprint density at radius 3 is 3.06 bits per heavy atom. The monoisotopic (exact) mass is 244 g/mol. The fraction of sp³-hybridized carbons (Fsp3) is 0.467. The number of ether oxygens (including phenoxy) is 1. The fourth-order valence-corrected chi connectivity index (χ4v) is 2.98. The van der Waals surface area contributed by atoms with E-state index in [-0.39, 0.29) is 0 Å². The summed E-state index contributed by atoms with van der Waals surface area (Å²) in [5.41, 5.74) is 4.07. The second-order valence-corrected chi connectivity index (χ2v) is 4.81. The highest BCUT2D eigenvalue weighted by Crippen LogP contribution is 2.38. The maximum absolute atomic E-state index is 5.60. The molecule has 3 heteroatoms. The maximum Gasteiger partial charge on any atom is 0.120 e. The van der Waals surface area contributed by atoms with Crippen LogP contribution in [0.25, 0.3) is 10.9 Å². The van der Waals surface area contributed by atoms with Gasteiger partial charge in [0.05, 0.1) is 6.61 Å². The summed E-state index contributed by atoms with van der Waals surface area (Å²) in [6.07, 6.45) is 2.34. The predicted molar refractivity (Wildman–Crippen MR) is 74.2 cm³/mol. The van der Waals surface area contributed by atoms with E-state index in [0.717, 1.165) is 25.3 Å². The first-order valence-electron chi connectivity index (χ1n) is 6.84. The van der Waals surface area contributed by atoms with Gasteiger partial charge in [-0.1, -0.05) is 6.92 Å². The van der Waals surface area contributed by atoms with E-state index in [1.165, 1.54) is 28.6 Å². The highest BCUT2D eigenvalue weighted by atomic mass is 16.5. The Kier molecular flexibility index (Phi) is 3.00. The number of fused-ring (bicyclic) bond motifs is 3. The molecule has 1 atom stereocenters. The number of benzene rings is 1. The molecular weight excluding hydrogens is 224 g/mol. The number of aromatic nitrogens is 1. The third-order valence-corrected chi connectivity index (χ3v) is 3.68. The van der Waals surface area contributed by atoms with Crippen molar-refractivity contribution < 1.29 is 4.74 Å². The number of hydrogen-bond acceptors (Lipinski definition) is 2. The SMILES string of the molecule is CCNC1CCc2[nH]c3ccc(OCC)cc3c21. The fourth-order valence-electron chi connectivity index (χ4n) is 2.98. The van der Waals surface area contributed by atoms with Gasteiger partial charge in [0, 0.05) is 22.6 Å². The van der Waals surface area contributed by atoms with Gasteiger partial charge in [0.25, 0.3) is 0 Å². The molecule has 1 aliphatic carbocycles. The van der Waals surface area contributed by atoms with Gasteiger partial charge >= 0.3 is 0 Å². The number of nitrogens with one attached hydrogen (secondary N) is 2. The summed E-state index contributed by atoms with van der Waals surface area (Å²) in [5.74, 6) is 0.967. The Labute approximate surface area is 108 Å². The molecule has 0 spiro atoms. The van der Waals surface area contributed by atoms with E-state index < -0.39 is 0 Å². The zero-order valence-corrected chi connectivity index (χ0v) is 11.0. The molecule has 1 aromatic heterocycles. The lowest BCUT2D eigenvalue weighted by atomic mass is 10.1. The molecule has 1 heterocycles. The highest BCUT2D eigenvalue weighted by molar-refractivity contribution is 5.87. The summed E-state index contributed by atoms with van der Waals surface area (Å²) in [6, 6.07) is 6.83. The van der Waals surface area contributed by atoms with Crippen LogP contribution in [0.2, 0.25) is 0 Å². The van der Waals surface area contributed by atoms with Crippen molar-refractivity contribution in [2.24, 2.45) is 0 Å². The molecule has 2 N–H and O–H groups in total. The molecule has 0 fully saturated rings. The third-order valence-electron chi connectivity index (χ3n) is 3.68. The predicted octanol–water partition coefficient (Wildman–Crippen LogP) is 3.16. The number of hydrogen-bond donors (Lipinski definition) is 2. The van der Waals surface area contributed by atoms with Crippen molar-refractivity contribution in [2.45, 2.75) is 32.7 Å². The van der Waals surface area contributed by atoms with Crippen LogP contribution in [-0.2, 0) is 6.42 Å². The number of aromatic amines is 1. The quantitative estimate of drug-likeness (QED) is 0.866. The molecule has 2 aromatic rings. The smallest absolute Gasteiger partial charge is 0.120 e. The van der Waals surface area contributed by atoms with Gasteiger partial charge in [-0.05, 0) is 50.1 Å². The minimum atomic E-state index is 0.496. The largest absolute Gasteiger partial charge is 0.494 e. The number of rotatable bonds is 4. The van der Waals surface area contributed by atoms with Crippen molar-refractivity contribution in [3.63, 3.8) is 0 Å². The summed E-state index contributed by atoms with van der Waals surface area (Å²) in [4.78, 5) is 3.54. The van der Waals surface area contributed by atoms with Crippen molar-refractivity contribution in [1.29, 1.82) is 0 Å². The van der Waals surface area contributed by atoms with E-state index in [0.29, 0.717) is 6.04 Å². The first-order valence-corrected chi connectivity index (χ1v) is 6.84. The minimum Gasteiger partial charge on any atom is -0.494 e. The molecule has 1 aromatic carbocycles. The first-order chi connectivity index (χ1) is 8.83. The normalized spacial score (nSPS) is 18.2. The van der Waals surface area contributed by atoms with Gasteiger partial charge in [-0.3, -0.25) is 0 Å². The molecule has 0 bridgehead atoms. The maximum atomic E-state index is 5.60. The lowest BCUT2D eigenvalue weighted by Gasteiger charge is -2.12. The molecule has 3 nitrogen and oxygen atoms in total. The van der Waals surface area contributed by atoms with E-state index in [9.17, 15) is 0 Å². The number of aryl methyl sites for hydroxylation is 1. The van der Waals surface area contributed by atoms with Crippen LogP contribution in [0.5, 0.6) is 5.75 Å². The van der Waals surface area contributed by atoms with Crippen molar-refractivity contribution in [3.8, 4) is 5.75 Å². The lowest BCUT2D eigenvalue weighted by Crippen LogP contribution is -2.18. The zero-order valence-electron chi connectivity index (χ0n) is 11.0. The van der Waals surface area contributed by atoms with Crippen LogP contribution in [0.3, 0.4) is 0 Å². The molecule has 1 unspecified atom stereocenters. The average Bonchev–Trinajstić information content (AvgIpc) is 2.90. The van der Waals surface area contributed by atoms with Crippen LogP contribution >= 0.6 is 0 Å². The van der Waals surface area contributed by atoms with E-state index in [1.54, 1.807) is 0 Å². The highest BCUT2D eigenvalue weighted by Gasteiger charge is 2.26. The van der Waals surface area contributed by atoms with Crippen LogP contribution in [0.1, 0.15) is 37.6 Å². The van der Waals surface area contributed by atoms with Gasteiger partial charge in [-0.15, -0.1) is 0 Å². The second kappa shape index (κ2) is 4.65. The molecule has 0 radical (unpaired) electrons. The standard InChI is InChI=1S/C15H20N2O/c1-3-16-13-7-8-14-15(13)11-9-10(18-4-2)5-6-12(11)17-14/h5-6,9,13,16-17H,3-4,7-8H2,1-2H3. The van der Waals surface area contributed by atoms with Gasteiger partial charge in [0.15, 0.2) is 0 Å². The van der Waals surface area contributed by atoms with Gasteiger partial charge < -0.3 is 15.0 Å². The third kappa shape index (κ3) is 1.79. The van der Waals surface area contributed by atoms with E-state index in [4.69, 9.17) is 4.74 Å². The molecule has 18 heavy (non-hydrogen) atoms. The minimum absolute atomic E-state index is 0.496. The van der Waals surface area contributed by atoms with E-state index >= 15 is 0 Å². The van der Waals surface area contributed by atoms with Crippen molar-refractivity contribution in [3.05, 3.63) is 29.5 Å². The zero-order chi connectivity index (χ0) is 12.5. The Hall–Kier alpha value is -1.48. The Balaban J connectivity index is 2.07. The van der Waals surface area contributed by atoms with Gasteiger partial charge in [-0.2, -0.15) is 0 Å². The van der Waals surface area contributed by atoms with Crippen molar-refractivity contribution >= 4 is 10.9 Å². The van der Waals surface area contributed by atoms with Crippen LogP contribution in [0, 0.1) is 0 Å². The Bertz CT molecular complexity index is 559. The molecule has 0 aliphatic heterocycles. The Morgan fingerprint density at radius 2 is 2.28 bits per heavy atom. The lowest BCUT2D eigenvalue weighted by molar-refractivity contribution is 0.340. The molecule has 96 valence electrons. The molecular formula is C15H20N2O. The van der Waals surface area contributed by atoms with Crippen LogP contribution < -0.4 is 10.1 Å². The molecule has 3 rings (SSSR count). The summed E-state index contributed by atoms with van der Waals surface area (Å²) >= 11 is 0. The topological polar surface area (TPSA) is 37.0 Å². The molecule has 0 amide bonds. The summed E-state index contributed by atoms with van der Waals surface area (Å²) in [7, 11) is 0. The van der Waals surface area contributed by atoms with E-state index in [2.05, 4.69) is 29.4 Å². The van der Waals surface area contributed by atoms with E-state index in [1.807, 2.05) is 13.0 Å². The average molecular weight is 244 g/mol. The first kappa shape index (κ1) is 11.6. The number of H-pyrrole nitrogens is 1. The van der Waals surface area contributed by atoms with Gasteiger partial charge in [-0.25, -0.2) is 0 Å². The van der Waals surface area contributed by atoms with Gasteiger partial charge in [0.1, 0.15) is 5.75 Å². The Morgan fingerprint density at radius 1 is 1.39 bits per heavy atom. The molecule has 0 saturated heterocycles. The second-order valence-electron chi connectivity index (χ2n) is 4.81. The summed E-state index contributed by atoms with van der Waals surface area (Å²) < 4.78 is 5.60. The molecule has 0 saturated carbocycles. The van der Waals surface area contributed by atoms with Crippen LogP contribution in [0.15, 0.2) is 18.2 Å². The van der Waals surface area contributed by atoms with Crippen molar-refractivity contribution in [2.75, 3.05) is 13.2 Å². The van der Waals surface area contributed by atoms with Crippen LogP contribution in [0.4, 0.5) is 0 Å². The molecule has 1 aliphatic rings. The van der Waals surface area contributed by atoms with Crippen LogP contribution in [-0.4, -0.2) is 18.1 Å².